The number of likely N-dealkylation sites (N-methyl/N-ethyl adjacent to an activating group) is 2. The number of benzene rings is 1. The number of aryl methyl sites for hydroxylation is 2. The van der Waals surface area contributed by atoms with Gasteiger partial charge < -0.3 is 30.1 Å². The molecule has 0 fully saturated rings. The Morgan fingerprint density at radius 3 is 2.56 bits per heavy atom. The zero-order valence-corrected chi connectivity index (χ0v) is 25.5. The molecule has 41 heavy (non-hydrogen) atoms. The van der Waals surface area contributed by atoms with Crippen molar-refractivity contribution in [2.24, 2.45) is 0 Å². The number of fused-ring (bicyclic) bond motifs is 1. The number of anilines is 6. The quantitative estimate of drug-likeness (QED) is 0.308. The SMILES string of the molecule is C=CC(=O)Nc1cc(Nc2cc(N3CC(C)(C)c4nc(C)c(C)cc43)ncn2)c(OCC)cc1N(C)CCN(C)C. The van der Waals surface area contributed by atoms with Gasteiger partial charge >= 0.3 is 0 Å². The third kappa shape index (κ3) is 6.59. The molecule has 10 nitrogen and oxygen atoms in total. The fourth-order valence-electron chi connectivity index (χ4n) is 4.87. The Balaban J connectivity index is 1.71. The van der Waals surface area contributed by atoms with E-state index >= 15 is 0 Å². The number of pyridine rings is 1. The second-order valence-corrected chi connectivity index (χ2v) is 11.3. The van der Waals surface area contributed by atoms with Crippen molar-refractivity contribution >= 4 is 40.3 Å². The van der Waals surface area contributed by atoms with Gasteiger partial charge in [0.1, 0.15) is 23.7 Å². The molecule has 4 rings (SSSR count). The van der Waals surface area contributed by atoms with Crippen molar-refractivity contribution in [1.29, 1.82) is 0 Å². The van der Waals surface area contributed by atoms with Gasteiger partial charge in [0.25, 0.3) is 0 Å². The van der Waals surface area contributed by atoms with Gasteiger partial charge in [0.2, 0.25) is 5.91 Å². The Kier molecular flexibility index (Phi) is 8.82. The first-order valence-corrected chi connectivity index (χ1v) is 13.9. The maximum atomic E-state index is 12.4. The van der Waals surface area contributed by atoms with Crippen molar-refractivity contribution in [1.82, 2.24) is 19.9 Å². The van der Waals surface area contributed by atoms with Gasteiger partial charge in [-0.15, -0.1) is 0 Å². The maximum absolute atomic E-state index is 12.4. The van der Waals surface area contributed by atoms with Crippen LogP contribution in [-0.2, 0) is 10.2 Å². The summed E-state index contributed by atoms with van der Waals surface area (Å²) in [5.74, 6) is 1.74. The predicted octanol–water partition coefficient (Wildman–Crippen LogP) is 5.18. The van der Waals surface area contributed by atoms with Crippen LogP contribution >= 0.6 is 0 Å². The highest BCUT2D eigenvalue weighted by molar-refractivity contribution is 6.02. The van der Waals surface area contributed by atoms with Crippen LogP contribution in [0.1, 0.15) is 37.7 Å². The molecule has 0 atom stereocenters. The molecule has 1 aromatic carbocycles. The molecule has 0 aliphatic carbocycles. The van der Waals surface area contributed by atoms with E-state index in [-0.39, 0.29) is 11.3 Å². The first-order valence-electron chi connectivity index (χ1n) is 13.9. The van der Waals surface area contributed by atoms with Crippen molar-refractivity contribution in [2.45, 2.75) is 40.0 Å². The molecule has 0 unspecified atom stereocenters. The van der Waals surface area contributed by atoms with Crippen molar-refractivity contribution in [2.75, 3.05) is 67.8 Å². The fourth-order valence-corrected chi connectivity index (χ4v) is 4.87. The molecule has 2 N–H and O–H groups in total. The van der Waals surface area contributed by atoms with Gasteiger partial charge in [0.05, 0.1) is 35.1 Å². The molecule has 2 aromatic heterocycles. The summed E-state index contributed by atoms with van der Waals surface area (Å²) < 4.78 is 6.05. The normalized spacial score (nSPS) is 13.6. The molecular weight excluding hydrogens is 516 g/mol. The number of carbonyl (C=O) groups is 1. The number of aromatic nitrogens is 3. The first-order chi connectivity index (χ1) is 19.4. The summed E-state index contributed by atoms with van der Waals surface area (Å²) in [5.41, 5.74) is 6.36. The Bertz CT molecular complexity index is 1440. The summed E-state index contributed by atoms with van der Waals surface area (Å²) >= 11 is 0. The molecule has 3 aromatic rings. The predicted molar refractivity (Wildman–Crippen MR) is 167 cm³/mol. The van der Waals surface area contributed by atoms with Crippen LogP contribution in [0.4, 0.5) is 34.4 Å². The average molecular weight is 559 g/mol. The first kappa shape index (κ1) is 29.8. The summed E-state index contributed by atoms with van der Waals surface area (Å²) in [4.78, 5) is 32.8. The van der Waals surface area contributed by atoms with Crippen LogP contribution in [0.25, 0.3) is 0 Å². The number of carbonyl (C=O) groups excluding carboxylic acids is 1. The standard InChI is InChI=1S/C31H42N8O2/c1-10-29(40)36-22-15-23(26(41-11-2)16-24(22)38(9)13-12-37(7)8)35-27-17-28(33-19-32-27)39-18-31(5,6)30-25(39)14-20(3)21(4)34-30/h10,14-17,19H,1,11-13,18H2,2-9H3,(H,36,40)(H,32,33,35). The lowest BCUT2D eigenvalue weighted by Crippen LogP contribution is -2.29. The van der Waals surface area contributed by atoms with Crippen LogP contribution in [-0.4, -0.2) is 73.1 Å². The van der Waals surface area contributed by atoms with E-state index in [2.05, 4.69) is 68.7 Å². The third-order valence-electron chi connectivity index (χ3n) is 7.26. The number of ether oxygens (including phenoxy) is 1. The summed E-state index contributed by atoms with van der Waals surface area (Å²) in [6.45, 7) is 17.0. The molecule has 1 amide bonds. The van der Waals surface area contributed by atoms with E-state index in [1.165, 1.54) is 6.08 Å². The fraction of sp³-hybridized carbons (Fsp3) is 0.419. The number of hydrogen-bond acceptors (Lipinski definition) is 9. The topological polar surface area (TPSA) is 98.8 Å². The number of nitrogens with one attached hydrogen (secondary N) is 2. The largest absolute Gasteiger partial charge is 0.492 e. The van der Waals surface area contributed by atoms with Crippen molar-refractivity contribution in [3.63, 3.8) is 0 Å². The molecule has 0 radical (unpaired) electrons. The molecule has 3 heterocycles. The van der Waals surface area contributed by atoms with E-state index < -0.39 is 0 Å². The zero-order chi connectivity index (χ0) is 29.9. The van der Waals surface area contributed by atoms with Crippen molar-refractivity contribution < 1.29 is 9.53 Å². The molecule has 0 saturated carbocycles. The minimum Gasteiger partial charge on any atom is -0.492 e. The number of nitrogens with zero attached hydrogens (tertiary/aromatic N) is 6. The Morgan fingerprint density at radius 2 is 1.88 bits per heavy atom. The zero-order valence-electron chi connectivity index (χ0n) is 25.5. The van der Waals surface area contributed by atoms with Gasteiger partial charge in [-0.25, -0.2) is 9.97 Å². The highest BCUT2D eigenvalue weighted by Gasteiger charge is 2.38. The molecular formula is C31H42N8O2. The highest BCUT2D eigenvalue weighted by Crippen LogP contribution is 2.44. The van der Waals surface area contributed by atoms with Gasteiger partial charge in [-0.2, -0.15) is 0 Å². The lowest BCUT2D eigenvalue weighted by molar-refractivity contribution is -0.111. The van der Waals surface area contributed by atoms with Crippen LogP contribution in [0.2, 0.25) is 0 Å². The molecule has 0 bridgehead atoms. The van der Waals surface area contributed by atoms with Crippen molar-refractivity contribution in [3.8, 4) is 5.75 Å². The average Bonchev–Trinajstić information content (AvgIpc) is 3.18. The van der Waals surface area contributed by atoms with Gasteiger partial charge in [-0.05, 0) is 58.6 Å². The Labute approximate surface area is 243 Å². The van der Waals surface area contributed by atoms with E-state index in [1.54, 1.807) is 6.33 Å². The van der Waals surface area contributed by atoms with Gasteiger partial charge in [0.15, 0.2) is 0 Å². The Morgan fingerprint density at radius 1 is 1.12 bits per heavy atom. The van der Waals surface area contributed by atoms with E-state index in [1.807, 2.05) is 53.2 Å². The molecule has 0 spiro atoms. The summed E-state index contributed by atoms with van der Waals surface area (Å²) in [5, 5.41) is 6.37. The number of amides is 1. The van der Waals surface area contributed by atoms with Gasteiger partial charge in [-0.1, -0.05) is 20.4 Å². The molecule has 1 aliphatic rings. The van der Waals surface area contributed by atoms with Gasteiger partial charge in [0, 0.05) is 49.9 Å². The van der Waals surface area contributed by atoms with Gasteiger partial charge in [-0.3, -0.25) is 9.78 Å². The lowest BCUT2D eigenvalue weighted by Gasteiger charge is -2.26. The lowest BCUT2D eigenvalue weighted by atomic mass is 9.91. The van der Waals surface area contributed by atoms with Crippen LogP contribution in [0, 0.1) is 13.8 Å². The smallest absolute Gasteiger partial charge is 0.247 e. The minimum atomic E-state index is -0.291. The van der Waals surface area contributed by atoms with Crippen molar-refractivity contribution in [3.05, 3.63) is 60.2 Å². The third-order valence-corrected chi connectivity index (χ3v) is 7.26. The van der Waals surface area contributed by atoms with Crippen LogP contribution in [0.3, 0.4) is 0 Å². The summed E-state index contributed by atoms with van der Waals surface area (Å²) in [6, 6.07) is 7.93. The van der Waals surface area contributed by atoms with E-state index in [4.69, 9.17) is 9.72 Å². The Hall–Kier alpha value is -4.18. The van der Waals surface area contributed by atoms with Crippen LogP contribution in [0.5, 0.6) is 5.75 Å². The van der Waals surface area contributed by atoms with E-state index in [9.17, 15) is 4.79 Å². The monoisotopic (exact) mass is 558 g/mol. The summed E-state index contributed by atoms with van der Waals surface area (Å²) in [6.07, 6.45) is 2.82. The maximum Gasteiger partial charge on any atom is 0.247 e. The number of hydrogen-bond donors (Lipinski definition) is 2. The van der Waals surface area contributed by atoms with Crippen LogP contribution in [0.15, 0.2) is 43.2 Å². The van der Waals surface area contributed by atoms with E-state index in [0.717, 1.165) is 53.8 Å². The molecule has 1 aliphatic heterocycles. The summed E-state index contributed by atoms with van der Waals surface area (Å²) in [7, 11) is 6.06. The van der Waals surface area contributed by atoms with E-state index in [0.29, 0.717) is 29.5 Å². The second-order valence-electron chi connectivity index (χ2n) is 11.3. The van der Waals surface area contributed by atoms with Crippen LogP contribution < -0.4 is 25.2 Å². The second kappa shape index (κ2) is 12.1. The molecule has 218 valence electrons. The number of rotatable bonds is 11. The molecule has 0 saturated heterocycles. The highest BCUT2D eigenvalue weighted by atomic mass is 16.5. The molecule has 10 heteroatoms. The minimum absolute atomic E-state index is 0.124.